The molecule has 24 heavy (non-hydrogen) atoms. The lowest BCUT2D eigenvalue weighted by atomic mass is 10.0. The summed E-state index contributed by atoms with van der Waals surface area (Å²) in [6.45, 7) is 5.94. The molecule has 7 heteroatoms. The second-order valence-electron chi connectivity index (χ2n) is 5.93. The van der Waals surface area contributed by atoms with E-state index in [4.69, 9.17) is 4.74 Å². The van der Waals surface area contributed by atoms with Crippen LogP contribution < -0.4 is 0 Å². The Labute approximate surface area is 141 Å². The minimum absolute atomic E-state index is 0.236. The number of carbonyl (C=O) groups excluding carboxylic acids is 2. The molecule has 0 radical (unpaired) electrons. The van der Waals surface area contributed by atoms with Gasteiger partial charge in [-0.05, 0) is 38.5 Å². The number of likely N-dealkylation sites (N-methyl/N-ethyl adjacent to an activating group) is 1. The first kappa shape index (κ1) is 17.7. The molecule has 128 valence electrons. The monoisotopic (exact) mass is 330 g/mol. The number of carbonyl (C=O) groups is 2. The van der Waals surface area contributed by atoms with Gasteiger partial charge in [0, 0.05) is 12.6 Å². The first-order valence-corrected chi connectivity index (χ1v) is 7.73. The molecule has 1 amide bonds. The third-order valence-corrected chi connectivity index (χ3v) is 3.93. The normalized spacial score (nSPS) is 11.2. The molecule has 0 aliphatic carbocycles. The van der Waals surface area contributed by atoms with Gasteiger partial charge in [-0.2, -0.15) is 5.10 Å². The molecule has 0 saturated carbocycles. The maximum atomic E-state index is 12.6. The molecule has 0 aliphatic rings. The Morgan fingerprint density at radius 1 is 1.25 bits per heavy atom. The van der Waals surface area contributed by atoms with E-state index in [0.29, 0.717) is 12.1 Å². The van der Waals surface area contributed by atoms with Gasteiger partial charge >= 0.3 is 5.97 Å². The lowest BCUT2D eigenvalue weighted by Gasteiger charge is -2.33. The van der Waals surface area contributed by atoms with Crippen LogP contribution in [0.3, 0.4) is 0 Å². The van der Waals surface area contributed by atoms with E-state index in [0.717, 1.165) is 5.56 Å². The summed E-state index contributed by atoms with van der Waals surface area (Å²) < 4.78 is 6.74. The zero-order valence-corrected chi connectivity index (χ0v) is 14.4. The van der Waals surface area contributed by atoms with Crippen LogP contribution in [0.15, 0.2) is 36.9 Å². The number of ether oxygens (including phenoxy) is 1. The van der Waals surface area contributed by atoms with Crippen molar-refractivity contribution in [2.24, 2.45) is 0 Å². The van der Waals surface area contributed by atoms with Crippen LogP contribution in [0.2, 0.25) is 0 Å². The number of aromatic nitrogens is 3. The highest BCUT2D eigenvalue weighted by Crippen LogP contribution is 2.18. The second-order valence-corrected chi connectivity index (χ2v) is 5.93. The summed E-state index contributed by atoms with van der Waals surface area (Å²) in [6, 6.07) is 7.21. The Kier molecular flexibility index (Phi) is 5.33. The number of hydrogen-bond acceptors (Lipinski definition) is 5. The summed E-state index contributed by atoms with van der Waals surface area (Å²) in [6.07, 6.45) is 3.11. The van der Waals surface area contributed by atoms with Crippen LogP contribution >= 0.6 is 0 Å². The minimum atomic E-state index is -1.04. The summed E-state index contributed by atoms with van der Waals surface area (Å²) in [5.74, 6) is -0.663. The molecule has 0 fully saturated rings. The van der Waals surface area contributed by atoms with Gasteiger partial charge in [-0.15, -0.1) is 0 Å². The SMILES string of the molecule is CCOC(=O)C(C)(C)N(C)C(=O)c1ccc(Cn2cncn2)cc1. The number of hydrogen-bond donors (Lipinski definition) is 0. The molecule has 0 bridgehead atoms. The molecular weight excluding hydrogens is 308 g/mol. The van der Waals surface area contributed by atoms with Crippen LogP contribution in [0.1, 0.15) is 36.7 Å². The van der Waals surface area contributed by atoms with Crippen molar-refractivity contribution in [3.63, 3.8) is 0 Å². The largest absolute Gasteiger partial charge is 0.464 e. The van der Waals surface area contributed by atoms with Gasteiger partial charge in [0.25, 0.3) is 5.91 Å². The van der Waals surface area contributed by atoms with E-state index >= 15 is 0 Å². The highest BCUT2D eigenvalue weighted by atomic mass is 16.5. The summed E-state index contributed by atoms with van der Waals surface area (Å²) >= 11 is 0. The molecule has 0 spiro atoms. The Bertz CT molecular complexity index is 693. The van der Waals surface area contributed by atoms with Gasteiger partial charge in [0.2, 0.25) is 0 Å². The lowest BCUT2D eigenvalue weighted by Crippen LogP contribution is -2.51. The highest BCUT2D eigenvalue weighted by Gasteiger charge is 2.37. The molecule has 0 unspecified atom stereocenters. The van der Waals surface area contributed by atoms with Gasteiger partial charge in [-0.3, -0.25) is 4.79 Å². The van der Waals surface area contributed by atoms with E-state index in [1.165, 1.54) is 11.2 Å². The average Bonchev–Trinajstić information content (AvgIpc) is 3.07. The molecule has 7 nitrogen and oxygen atoms in total. The van der Waals surface area contributed by atoms with Gasteiger partial charge in [0.05, 0.1) is 13.2 Å². The van der Waals surface area contributed by atoms with Gasteiger partial charge in [-0.1, -0.05) is 12.1 Å². The Morgan fingerprint density at radius 2 is 1.92 bits per heavy atom. The average molecular weight is 330 g/mol. The van der Waals surface area contributed by atoms with Crippen LogP contribution in [-0.4, -0.2) is 50.7 Å². The van der Waals surface area contributed by atoms with Crippen LogP contribution in [0, 0.1) is 0 Å². The molecule has 0 aliphatic heterocycles. The summed E-state index contributed by atoms with van der Waals surface area (Å²) in [5, 5.41) is 4.05. The van der Waals surface area contributed by atoms with E-state index < -0.39 is 11.5 Å². The molecule has 2 aromatic rings. The van der Waals surface area contributed by atoms with Gasteiger partial charge < -0.3 is 9.64 Å². The van der Waals surface area contributed by atoms with Gasteiger partial charge in [0.1, 0.15) is 18.2 Å². The third kappa shape index (κ3) is 3.79. The van der Waals surface area contributed by atoms with Gasteiger partial charge in [0.15, 0.2) is 0 Å². The van der Waals surface area contributed by atoms with E-state index in [1.54, 1.807) is 51.0 Å². The predicted octanol–water partition coefficient (Wildman–Crippen LogP) is 1.74. The number of amides is 1. The van der Waals surface area contributed by atoms with Crippen molar-refractivity contribution in [3.8, 4) is 0 Å². The zero-order valence-electron chi connectivity index (χ0n) is 14.4. The van der Waals surface area contributed by atoms with E-state index in [9.17, 15) is 9.59 Å². The summed E-state index contributed by atoms with van der Waals surface area (Å²) in [4.78, 5) is 30.0. The lowest BCUT2D eigenvalue weighted by molar-refractivity contribution is -0.153. The second kappa shape index (κ2) is 7.25. The van der Waals surface area contributed by atoms with Crippen molar-refractivity contribution in [1.82, 2.24) is 19.7 Å². The van der Waals surface area contributed by atoms with Gasteiger partial charge in [-0.25, -0.2) is 14.5 Å². The highest BCUT2D eigenvalue weighted by molar-refractivity contribution is 5.97. The van der Waals surface area contributed by atoms with Crippen LogP contribution in [0.25, 0.3) is 0 Å². The van der Waals surface area contributed by atoms with E-state index in [1.807, 2.05) is 12.1 Å². The maximum Gasteiger partial charge on any atom is 0.331 e. The Hall–Kier alpha value is -2.70. The smallest absolute Gasteiger partial charge is 0.331 e. The predicted molar refractivity (Wildman–Crippen MR) is 88.4 cm³/mol. The van der Waals surface area contributed by atoms with E-state index in [2.05, 4.69) is 10.1 Å². The first-order chi connectivity index (χ1) is 11.4. The number of esters is 1. The third-order valence-electron chi connectivity index (χ3n) is 3.93. The van der Waals surface area contributed by atoms with Crippen molar-refractivity contribution in [2.75, 3.05) is 13.7 Å². The first-order valence-electron chi connectivity index (χ1n) is 7.73. The summed E-state index contributed by atoms with van der Waals surface area (Å²) in [5.41, 5.74) is 0.480. The fourth-order valence-corrected chi connectivity index (χ4v) is 2.15. The summed E-state index contributed by atoms with van der Waals surface area (Å²) in [7, 11) is 1.60. The molecule has 1 heterocycles. The van der Waals surface area contributed by atoms with Crippen molar-refractivity contribution in [2.45, 2.75) is 32.9 Å². The minimum Gasteiger partial charge on any atom is -0.464 e. The molecule has 0 atom stereocenters. The molecule has 0 saturated heterocycles. The van der Waals surface area contributed by atoms with Crippen LogP contribution in [0.5, 0.6) is 0 Å². The quantitative estimate of drug-likeness (QED) is 0.754. The van der Waals surface area contributed by atoms with Crippen LogP contribution in [0.4, 0.5) is 0 Å². The standard InChI is InChI=1S/C17H22N4O3/c1-5-24-16(23)17(2,3)20(4)15(22)14-8-6-13(7-9-14)10-21-12-18-11-19-21/h6-9,11-12H,5,10H2,1-4H3. The maximum absolute atomic E-state index is 12.6. The molecule has 0 N–H and O–H groups in total. The number of rotatable bonds is 6. The van der Waals surface area contributed by atoms with Crippen molar-refractivity contribution in [3.05, 3.63) is 48.0 Å². The van der Waals surface area contributed by atoms with Crippen LogP contribution in [-0.2, 0) is 16.1 Å². The Morgan fingerprint density at radius 3 is 2.46 bits per heavy atom. The number of benzene rings is 1. The number of nitrogens with zero attached hydrogens (tertiary/aromatic N) is 4. The fraction of sp³-hybridized carbons (Fsp3) is 0.412. The zero-order chi connectivity index (χ0) is 17.7. The molecule has 1 aromatic heterocycles. The van der Waals surface area contributed by atoms with Crippen molar-refractivity contribution in [1.29, 1.82) is 0 Å². The topological polar surface area (TPSA) is 77.3 Å². The molecule has 2 rings (SSSR count). The Balaban J connectivity index is 2.10. The van der Waals surface area contributed by atoms with Crippen molar-refractivity contribution < 1.29 is 14.3 Å². The fourth-order valence-electron chi connectivity index (χ4n) is 2.15. The van der Waals surface area contributed by atoms with E-state index in [-0.39, 0.29) is 12.5 Å². The molecule has 1 aromatic carbocycles. The molecular formula is C17H22N4O3. The van der Waals surface area contributed by atoms with Crippen molar-refractivity contribution >= 4 is 11.9 Å².